The van der Waals surface area contributed by atoms with Gasteiger partial charge in [0.05, 0.1) is 32.0 Å². The molecule has 0 unspecified atom stereocenters. The number of carbonyl (C=O) groups is 2. The zero-order chi connectivity index (χ0) is 21.5. The molecule has 154 valence electrons. The van der Waals surface area contributed by atoms with Crippen molar-refractivity contribution in [2.45, 2.75) is 13.5 Å². The summed E-state index contributed by atoms with van der Waals surface area (Å²) in [6.07, 6.45) is 0. The Bertz CT molecular complexity index is 1030. The third-order valence-electron chi connectivity index (χ3n) is 4.67. The Balaban J connectivity index is 1.94. The van der Waals surface area contributed by atoms with Gasteiger partial charge in [0.15, 0.2) is 0 Å². The molecule has 0 bridgehead atoms. The molecule has 0 aliphatic carbocycles. The highest BCUT2D eigenvalue weighted by molar-refractivity contribution is 6.10. The van der Waals surface area contributed by atoms with E-state index >= 15 is 0 Å². The maximum Gasteiger partial charge on any atom is 0.257 e. The van der Waals surface area contributed by atoms with Crippen LogP contribution in [0.4, 0.5) is 11.4 Å². The van der Waals surface area contributed by atoms with E-state index < -0.39 is 0 Å². The third-order valence-corrected chi connectivity index (χ3v) is 4.67. The maximum absolute atomic E-state index is 12.9. The van der Waals surface area contributed by atoms with Gasteiger partial charge in [-0.15, -0.1) is 0 Å². The molecule has 6 heteroatoms. The Morgan fingerprint density at radius 1 is 0.900 bits per heavy atom. The van der Waals surface area contributed by atoms with Gasteiger partial charge in [-0.3, -0.25) is 9.59 Å². The van der Waals surface area contributed by atoms with Crippen molar-refractivity contribution in [2.24, 2.45) is 0 Å². The topological polar surface area (TPSA) is 67.9 Å². The first-order chi connectivity index (χ1) is 14.5. The number of benzene rings is 3. The van der Waals surface area contributed by atoms with Crippen molar-refractivity contribution < 1.29 is 19.1 Å². The molecule has 0 aliphatic heterocycles. The Labute approximate surface area is 176 Å². The summed E-state index contributed by atoms with van der Waals surface area (Å²) in [4.78, 5) is 27.0. The number of nitrogens with one attached hydrogen (secondary N) is 1. The number of carbonyl (C=O) groups excluding carboxylic acids is 2. The van der Waals surface area contributed by atoms with Crippen LogP contribution >= 0.6 is 0 Å². The molecule has 30 heavy (non-hydrogen) atoms. The standard InChI is InChI=1S/C24H24N2O4/c1-17(27)26(16-18-13-14-20(29-2)15-23(18)30-3)22-12-8-7-11-21(22)24(28)25-19-9-5-4-6-10-19/h4-15H,16H2,1-3H3,(H,25,28). The fourth-order valence-electron chi connectivity index (χ4n) is 3.14. The fourth-order valence-corrected chi connectivity index (χ4v) is 3.14. The second kappa shape index (κ2) is 9.60. The molecule has 3 aromatic rings. The first-order valence-electron chi connectivity index (χ1n) is 9.48. The molecule has 0 fully saturated rings. The van der Waals surface area contributed by atoms with Crippen molar-refractivity contribution in [2.75, 3.05) is 24.4 Å². The number of amides is 2. The smallest absolute Gasteiger partial charge is 0.257 e. The molecule has 0 saturated heterocycles. The number of ether oxygens (including phenoxy) is 2. The Kier molecular flexibility index (Phi) is 6.70. The minimum atomic E-state index is -0.287. The summed E-state index contributed by atoms with van der Waals surface area (Å²) >= 11 is 0. The molecule has 6 nitrogen and oxygen atoms in total. The molecule has 0 atom stereocenters. The molecular formula is C24H24N2O4. The SMILES string of the molecule is COc1ccc(CN(C(C)=O)c2ccccc2C(=O)Nc2ccccc2)c(OC)c1. The molecule has 0 spiro atoms. The lowest BCUT2D eigenvalue weighted by Crippen LogP contribution is -2.30. The van der Waals surface area contributed by atoms with Gasteiger partial charge in [0.25, 0.3) is 5.91 Å². The van der Waals surface area contributed by atoms with E-state index in [0.717, 1.165) is 5.56 Å². The van der Waals surface area contributed by atoms with Crippen molar-refractivity contribution in [1.29, 1.82) is 0 Å². The monoisotopic (exact) mass is 404 g/mol. The Morgan fingerprint density at radius 2 is 1.60 bits per heavy atom. The third kappa shape index (κ3) is 4.78. The largest absolute Gasteiger partial charge is 0.497 e. The van der Waals surface area contributed by atoms with Gasteiger partial charge in [-0.05, 0) is 36.4 Å². The number of methoxy groups -OCH3 is 2. The summed E-state index contributed by atoms with van der Waals surface area (Å²) in [5.74, 6) is 0.789. The van der Waals surface area contributed by atoms with Gasteiger partial charge < -0.3 is 19.7 Å². The van der Waals surface area contributed by atoms with Crippen molar-refractivity contribution in [1.82, 2.24) is 0 Å². The predicted molar refractivity (Wildman–Crippen MR) is 117 cm³/mol. The lowest BCUT2D eigenvalue weighted by atomic mass is 10.1. The molecule has 2 amide bonds. The Morgan fingerprint density at radius 3 is 2.27 bits per heavy atom. The average molecular weight is 404 g/mol. The van der Waals surface area contributed by atoms with E-state index in [1.165, 1.54) is 6.92 Å². The summed E-state index contributed by atoms with van der Waals surface area (Å²) < 4.78 is 10.7. The minimum Gasteiger partial charge on any atom is -0.497 e. The number of hydrogen-bond donors (Lipinski definition) is 1. The molecule has 1 N–H and O–H groups in total. The molecule has 0 aliphatic rings. The van der Waals surface area contributed by atoms with E-state index in [2.05, 4.69) is 5.32 Å². The number of hydrogen-bond acceptors (Lipinski definition) is 4. The summed E-state index contributed by atoms with van der Waals surface area (Å²) in [5, 5.41) is 2.88. The molecule has 0 heterocycles. The van der Waals surface area contributed by atoms with Gasteiger partial charge >= 0.3 is 0 Å². The molecule has 0 radical (unpaired) electrons. The van der Waals surface area contributed by atoms with Crippen LogP contribution in [0, 0.1) is 0 Å². The van der Waals surface area contributed by atoms with Crippen LogP contribution in [-0.4, -0.2) is 26.0 Å². The number of rotatable bonds is 7. The van der Waals surface area contributed by atoms with E-state index in [1.54, 1.807) is 49.5 Å². The fraction of sp³-hybridized carbons (Fsp3) is 0.167. The van der Waals surface area contributed by atoms with Crippen molar-refractivity contribution in [3.63, 3.8) is 0 Å². The molecule has 0 saturated carbocycles. The average Bonchev–Trinajstić information content (AvgIpc) is 2.78. The number of nitrogens with zero attached hydrogens (tertiary/aromatic N) is 1. The van der Waals surface area contributed by atoms with Crippen LogP contribution in [0.25, 0.3) is 0 Å². The van der Waals surface area contributed by atoms with Gasteiger partial charge in [-0.25, -0.2) is 0 Å². The molecular weight excluding hydrogens is 380 g/mol. The summed E-state index contributed by atoms with van der Waals surface area (Å²) in [6.45, 7) is 1.72. The van der Waals surface area contributed by atoms with Gasteiger partial charge in [-0.2, -0.15) is 0 Å². The van der Waals surface area contributed by atoms with Gasteiger partial charge in [0, 0.05) is 24.2 Å². The highest BCUT2D eigenvalue weighted by Crippen LogP contribution is 2.29. The van der Waals surface area contributed by atoms with Crippen LogP contribution in [0.15, 0.2) is 72.8 Å². The lowest BCUT2D eigenvalue weighted by molar-refractivity contribution is -0.116. The number of para-hydroxylation sites is 2. The van der Waals surface area contributed by atoms with Crippen LogP contribution in [0.3, 0.4) is 0 Å². The van der Waals surface area contributed by atoms with E-state index in [-0.39, 0.29) is 18.4 Å². The maximum atomic E-state index is 12.9. The normalized spacial score (nSPS) is 10.2. The highest BCUT2D eigenvalue weighted by Gasteiger charge is 2.21. The second-order valence-electron chi connectivity index (χ2n) is 6.62. The summed E-state index contributed by atoms with van der Waals surface area (Å²) in [6, 6.07) is 21.7. The zero-order valence-corrected chi connectivity index (χ0v) is 17.2. The van der Waals surface area contributed by atoms with Gasteiger partial charge in [0.1, 0.15) is 11.5 Å². The van der Waals surface area contributed by atoms with Gasteiger partial charge in [0.2, 0.25) is 5.91 Å². The highest BCUT2D eigenvalue weighted by atomic mass is 16.5. The molecule has 0 aromatic heterocycles. The first-order valence-corrected chi connectivity index (χ1v) is 9.48. The van der Waals surface area contributed by atoms with Crippen LogP contribution in [0.1, 0.15) is 22.8 Å². The van der Waals surface area contributed by atoms with Crippen molar-refractivity contribution >= 4 is 23.2 Å². The number of anilines is 2. The zero-order valence-electron chi connectivity index (χ0n) is 17.2. The van der Waals surface area contributed by atoms with Crippen LogP contribution < -0.4 is 19.7 Å². The summed E-state index contributed by atoms with van der Waals surface area (Å²) in [7, 11) is 3.15. The lowest BCUT2D eigenvalue weighted by Gasteiger charge is -2.25. The minimum absolute atomic E-state index is 0.187. The van der Waals surface area contributed by atoms with E-state index in [9.17, 15) is 9.59 Å². The van der Waals surface area contributed by atoms with E-state index in [4.69, 9.17) is 9.47 Å². The second-order valence-corrected chi connectivity index (χ2v) is 6.62. The van der Waals surface area contributed by atoms with Gasteiger partial charge in [-0.1, -0.05) is 30.3 Å². The van der Waals surface area contributed by atoms with Crippen LogP contribution in [0.2, 0.25) is 0 Å². The molecule has 3 rings (SSSR count). The quantitative estimate of drug-likeness (QED) is 0.629. The predicted octanol–water partition coefficient (Wildman–Crippen LogP) is 4.51. The van der Waals surface area contributed by atoms with E-state index in [1.807, 2.05) is 42.5 Å². The van der Waals surface area contributed by atoms with Crippen molar-refractivity contribution in [3.8, 4) is 11.5 Å². The van der Waals surface area contributed by atoms with Crippen LogP contribution in [0.5, 0.6) is 11.5 Å². The van der Waals surface area contributed by atoms with E-state index in [0.29, 0.717) is 28.4 Å². The Hall–Kier alpha value is -3.80. The first kappa shape index (κ1) is 20.9. The summed E-state index contributed by atoms with van der Waals surface area (Å²) in [5.41, 5.74) is 2.41. The van der Waals surface area contributed by atoms with Crippen LogP contribution in [-0.2, 0) is 11.3 Å². The van der Waals surface area contributed by atoms with Crippen molar-refractivity contribution in [3.05, 3.63) is 83.9 Å². The molecule has 3 aromatic carbocycles.